The van der Waals surface area contributed by atoms with E-state index in [-0.39, 0.29) is 5.82 Å². The molecule has 110 valence electrons. The molecule has 2 aromatic heterocycles. The van der Waals surface area contributed by atoms with Crippen molar-refractivity contribution in [3.05, 3.63) is 41.0 Å². The van der Waals surface area contributed by atoms with Crippen LogP contribution in [0.2, 0.25) is 0 Å². The topological polar surface area (TPSA) is 43.1 Å². The number of pyridine rings is 1. The fourth-order valence-electron chi connectivity index (χ4n) is 3.22. The lowest BCUT2D eigenvalue weighted by molar-refractivity contribution is 0.112. The van der Waals surface area contributed by atoms with Gasteiger partial charge in [0.05, 0.1) is 11.8 Å². The number of aryl methyl sites for hydroxylation is 1. The highest BCUT2D eigenvalue weighted by molar-refractivity contribution is 5.83. The summed E-state index contributed by atoms with van der Waals surface area (Å²) in [6.07, 6.45) is 7.76. The van der Waals surface area contributed by atoms with E-state index in [4.69, 9.17) is 4.42 Å². The summed E-state index contributed by atoms with van der Waals surface area (Å²) in [5.74, 6) is 1.20. The Morgan fingerprint density at radius 2 is 2.05 bits per heavy atom. The minimum atomic E-state index is -0.378. The molecule has 0 spiro atoms. The van der Waals surface area contributed by atoms with E-state index in [1.807, 2.05) is 0 Å². The number of furan rings is 1. The van der Waals surface area contributed by atoms with Crippen molar-refractivity contribution < 1.29 is 13.6 Å². The maximum Gasteiger partial charge on any atom is 0.156 e. The predicted molar refractivity (Wildman–Crippen MR) is 77.8 cm³/mol. The third-order valence-electron chi connectivity index (χ3n) is 4.26. The monoisotopic (exact) mass is 287 g/mol. The molecule has 0 saturated heterocycles. The molecule has 0 aliphatic heterocycles. The fraction of sp³-hybridized carbons (Fsp3) is 0.412. The second-order valence-electron chi connectivity index (χ2n) is 5.63. The van der Waals surface area contributed by atoms with Gasteiger partial charge < -0.3 is 4.42 Å². The van der Waals surface area contributed by atoms with Crippen molar-refractivity contribution >= 4 is 6.29 Å². The van der Waals surface area contributed by atoms with Gasteiger partial charge in [0.15, 0.2) is 12.0 Å². The number of carbonyl (C=O) groups excluding carboxylic acids is 1. The van der Waals surface area contributed by atoms with Gasteiger partial charge in [-0.3, -0.25) is 4.79 Å². The Hall–Kier alpha value is -1.97. The van der Waals surface area contributed by atoms with Crippen molar-refractivity contribution in [3.63, 3.8) is 0 Å². The average molecular weight is 287 g/mol. The lowest BCUT2D eigenvalue weighted by Gasteiger charge is -2.22. The molecule has 0 aromatic carbocycles. The van der Waals surface area contributed by atoms with E-state index in [2.05, 4.69) is 4.98 Å². The zero-order valence-corrected chi connectivity index (χ0v) is 12.1. The number of carbonyl (C=O) groups is 1. The molecule has 0 unspecified atom stereocenters. The van der Waals surface area contributed by atoms with Crippen LogP contribution in [-0.4, -0.2) is 11.3 Å². The van der Waals surface area contributed by atoms with Gasteiger partial charge >= 0.3 is 0 Å². The van der Waals surface area contributed by atoms with Crippen LogP contribution in [-0.2, 0) is 0 Å². The van der Waals surface area contributed by atoms with Crippen molar-refractivity contribution in [2.75, 3.05) is 0 Å². The standard InChI is InChI=1S/C17H18FNO2/c1-11-14(10-20)16(12-5-3-2-4-6-12)17(21-11)15-8-7-13(18)9-19-15/h7-10,12H,2-6H2,1H3. The normalized spacial score (nSPS) is 16.1. The molecule has 1 saturated carbocycles. The van der Waals surface area contributed by atoms with Crippen LogP contribution in [0.3, 0.4) is 0 Å². The third kappa shape index (κ3) is 2.62. The Bertz CT molecular complexity index is 640. The lowest BCUT2D eigenvalue weighted by Crippen LogP contribution is -2.07. The molecular formula is C17H18FNO2. The second kappa shape index (κ2) is 5.80. The molecule has 1 aliphatic carbocycles. The molecule has 0 radical (unpaired) electrons. The average Bonchev–Trinajstić information content (AvgIpc) is 2.85. The van der Waals surface area contributed by atoms with E-state index in [9.17, 15) is 9.18 Å². The SMILES string of the molecule is Cc1oc(-c2ccc(F)cn2)c(C2CCCCC2)c1C=O. The molecule has 2 aromatic rings. The number of aldehydes is 1. The van der Waals surface area contributed by atoms with Crippen LogP contribution < -0.4 is 0 Å². The Labute approximate surface area is 123 Å². The van der Waals surface area contributed by atoms with Crippen molar-refractivity contribution in [2.45, 2.75) is 44.9 Å². The molecule has 0 bridgehead atoms. The Morgan fingerprint density at radius 3 is 2.67 bits per heavy atom. The largest absolute Gasteiger partial charge is 0.459 e. The fourth-order valence-corrected chi connectivity index (χ4v) is 3.22. The number of rotatable bonds is 3. The van der Waals surface area contributed by atoms with Gasteiger partial charge in [-0.05, 0) is 37.8 Å². The van der Waals surface area contributed by atoms with Gasteiger partial charge in [-0.2, -0.15) is 0 Å². The van der Waals surface area contributed by atoms with Crippen LogP contribution in [0.5, 0.6) is 0 Å². The van der Waals surface area contributed by atoms with E-state index in [0.29, 0.717) is 28.7 Å². The maximum absolute atomic E-state index is 13.1. The quantitative estimate of drug-likeness (QED) is 0.772. The first-order valence-electron chi connectivity index (χ1n) is 7.41. The molecule has 2 heterocycles. The number of hydrogen-bond donors (Lipinski definition) is 0. The zero-order valence-electron chi connectivity index (χ0n) is 12.1. The summed E-state index contributed by atoms with van der Waals surface area (Å²) in [5, 5.41) is 0. The van der Waals surface area contributed by atoms with Gasteiger partial charge in [0.1, 0.15) is 17.3 Å². The molecule has 4 heteroatoms. The van der Waals surface area contributed by atoms with Crippen LogP contribution in [0.1, 0.15) is 59.7 Å². The summed E-state index contributed by atoms with van der Waals surface area (Å²) in [6, 6.07) is 2.97. The van der Waals surface area contributed by atoms with Gasteiger partial charge in [-0.15, -0.1) is 0 Å². The Kier molecular flexibility index (Phi) is 3.86. The number of hydrogen-bond acceptors (Lipinski definition) is 3. The molecular weight excluding hydrogens is 269 g/mol. The van der Waals surface area contributed by atoms with Crippen LogP contribution >= 0.6 is 0 Å². The summed E-state index contributed by atoms with van der Waals surface area (Å²) in [4.78, 5) is 15.6. The van der Waals surface area contributed by atoms with Crippen LogP contribution in [0.15, 0.2) is 22.7 Å². The van der Waals surface area contributed by atoms with Crippen LogP contribution in [0.25, 0.3) is 11.5 Å². The molecule has 1 fully saturated rings. The van der Waals surface area contributed by atoms with E-state index >= 15 is 0 Å². The van der Waals surface area contributed by atoms with Gasteiger partial charge in [-0.25, -0.2) is 9.37 Å². The highest BCUT2D eigenvalue weighted by atomic mass is 19.1. The van der Waals surface area contributed by atoms with Crippen molar-refractivity contribution in [1.82, 2.24) is 4.98 Å². The van der Waals surface area contributed by atoms with Gasteiger partial charge in [0.25, 0.3) is 0 Å². The first-order chi connectivity index (χ1) is 10.2. The molecule has 0 N–H and O–H groups in total. The van der Waals surface area contributed by atoms with Crippen LogP contribution in [0.4, 0.5) is 4.39 Å². The summed E-state index contributed by atoms with van der Waals surface area (Å²) >= 11 is 0. The van der Waals surface area contributed by atoms with E-state index in [0.717, 1.165) is 24.7 Å². The highest BCUT2D eigenvalue weighted by Crippen LogP contribution is 2.41. The summed E-state index contributed by atoms with van der Waals surface area (Å²) < 4.78 is 18.9. The molecule has 21 heavy (non-hydrogen) atoms. The zero-order chi connectivity index (χ0) is 14.8. The third-order valence-corrected chi connectivity index (χ3v) is 4.26. The Balaban J connectivity index is 2.11. The molecule has 0 atom stereocenters. The predicted octanol–water partition coefficient (Wildman–Crippen LogP) is 4.65. The maximum atomic E-state index is 13.1. The van der Waals surface area contributed by atoms with Gasteiger partial charge in [-0.1, -0.05) is 19.3 Å². The van der Waals surface area contributed by atoms with E-state index in [1.165, 1.54) is 31.5 Å². The van der Waals surface area contributed by atoms with Crippen molar-refractivity contribution in [3.8, 4) is 11.5 Å². The highest BCUT2D eigenvalue weighted by Gasteiger charge is 2.27. The Morgan fingerprint density at radius 1 is 1.29 bits per heavy atom. The molecule has 1 aliphatic rings. The van der Waals surface area contributed by atoms with Crippen LogP contribution in [0, 0.1) is 12.7 Å². The molecule has 3 rings (SSSR count). The van der Waals surface area contributed by atoms with E-state index < -0.39 is 0 Å². The van der Waals surface area contributed by atoms with Gasteiger partial charge in [0, 0.05) is 5.56 Å². The first-order valence-corrected chi connectivity index (χ1v) is 7.41. The number of nitrogens with zero attached hydrogens (tertiary/aromatic N) is 1. The lowest BCUT2D eigenvalue weighted by atomic mass is 9.82. The van der Waals surface area contributed by atoms with E-state index in [1.54, 1.807) is 13.0 Å². The number of aromatic nitrogens is 1. The first kappa shape index (κ1) is 14.0. The number of halogens is 1. The molecule has 0 amide bonds. The minimum absolute atomic E-state index is 0.332. The van der Waals surface area contributed by atoms with Crippen molar-refractivity contribution in [2.24, 2.45) is 0 Å². The van der Waals surface area contributed by atoms with Crippen molar-refractivity contribution in [1.29, 1.82) is 0 Å². The summed E-state index contributed by atoms with van der Waals surface area (Å²) in [5.41, 5.74) is 2.19. The summed E-state index contributed by atoms with van der Waals surface area (Å²) in [7, 11) is 0. The summed E-state index contributed by atoms with van der Waals surface area (Å²) in [6.45, 7) is 1.79. The minimum Gasteiger partial charge on any atom is -0.459 e. The molecule has 3 nitrogen and oxygen atoms in total. The smallest absolute Gasteiger partial charge is 0.156 e. The second-order valence-corrected chi connectivity index (χ2v) is 5.63. The van der Waals surface area contributed by atoms with Gasteiger partial charge in [0.2, 0.25) is 0 Å².